The van der Waals surface area contributed by atoms with Crippen LogP contribution in [-0.2, 0) is 14.6 Å². The molecule has 6 nitrogen and oxygen atoms in total. The summed E-state index contributed by atoms with van der Waals surface area (Å²) in [6, 6.07) is 3.50. The summed E-state index contributed by atoms with van der Waals surface area (Å²) in [5.41, 5.74) is 0. The summed E-state index contributed by atoms with van der Waals surface area (Å²) in [7, 11) is -3.29. The van der Waals surface area contributed by atoms with E-state index in [9.17, 15) is 8.42 Å². The highest BCUT2D eigenvalue weighted by Gasteiger charge is 1.93. The second kappa shape index (κ2) is 12.5. The van der Waals surface area contributed by atoms with Gasteiger partial charge in [-0.05, 0) is 0 Å². The molecule has 7 heteroatoms. The average Bonchev–Trinajstić information content (AvgIpc) is 1.90. The smallest absolute Gasteiger partial charge is 0.264 e. The average molecular weight is 194 g/mol. The molecule has 0 aliphatic carbocycles. The SMILES string of the molecule is CC#N.CC#N.COS(=O)(=O)O. The fraction of sp³-hybridized carbons (Fsp3) is 0.600. The van der Waals surface area contributed by atoms with E-state index in [1.54, 1.807) is 12.1 Å². The minimum Gasteiger partial charge on any atom is -0.264 e. The Kier molecular flexibility index (Phi) is 17.8. The minimum absolute atomic E-state index is 0.870. The zero-order valence-corrected chi connectivity index (χ0v) is 7.79. The third-order valence-corrected chi connectivity index (χ3v) is 0.632. The lowest BCUT2D eigenvalue weighted by molar-refractivity contribution is 0.324. The molecule has 0 spiro atoms. The van der Waals surface area contributed by atoms with Crippen molar-refractivity contribution in [1.82, 2.24) is 0 Å². The van der Waals surface area contributed by atoms with E-state index < -0.39 is 10.4 Å². The fourth-order valence-corrected chi connectivity index (χ4v) is 0. The van der Waals surface area contributed by atoms with E-state index in [0.29, 0.717) is 0 Å². The van der Waals surface area contributed by atoms with Crippen molar-refractivity contribution in [1.29, 1.82) is 10.5 Å². The van der Waals surface area contributed by atoms with Crippen LogP contribution in [0.15, 0.2) is 0 Å². The first-order valence-electron chi connectivity index (χ1n) is 2.54. The van der Waals surface area contributed by atoms with Crippen molar-refractivity contribution in [2.24, 2.45) is 0 Å². The zero-order chi connectivity index (χ0) is 10.6. The van der Waals surface area contributed by atoms with Gasteiger partial charge < -0.3 is 0 Å². The summed E-state index contributed by atoms with van der Waals surface area (Å²) in [6.45, 7) is 2.86. The minimum atomic E-state index is -4.16. The highest BCUT2D eigenvalue weighted by molar-refractivity contribution is 7.80. The Hall–Kier alpha value is -1.15. The molecule has 0 rings (SSSR count). The summed E-state index contributed by atoms with van der Waals surface area (Å²) in [6.07, 6.45) is 0. The summed E-state index contributed by atoms with van der Waals surface area (Å²) >= 11 is 0. The molecule has 0 aromatic rings. The van der Waals surface area contributed by atoms with Gasteiger partial charge in [0, 0.05) is 13.8 Å². The van der Waals surface area contributed by atoms with Gasteiger partial charge in [0.1, 0.15) is 0 Å². The van der Waals surface area contributed by atoms with Crippen LogP contribution in [0.1, 0.15) is 13.8 Å². The lowest BCUT2D eigenvalue weighted by Crippen LogP contribution is -1.96. The first kappa shape index (κ1) is 17.1. The fourth-order valence-electron chi connectivity index (χ4n) is 0. The van der Waals surface area contributed by atoms with E-state index in [-0.39, 0.29) is 0 Å². The van der Waals surface area contributed by atoms with E-state index in [1.807, 2.05) is 0 Å². The molecule has 0 atom stereocenters. The Morgan fingerprint density at radius 1 is 1.25 bits per heavy atom. The quantitative estimate of drug-likeness (QED) is 0.608. The van der Waals surface area contributed by atoms with Crippen molar-refractivity contribution < 1.29 is 17.2 Å². The van der Waals surface area contributed by atoms with Crippen LogP contribution in [0.25, 0.3) is 0 Å². The second-order valence-corrected chi connectivity index (χ2v) is 2.23. The van der Waals surface area contributed by atoms with Gasteiger partial charge in [-0.1, -0.05) is 0 Å². The van der Waals surface area contributed by atoms with E-state index >= 15 is 0 Å². The lowest BCUT2D eigenvalue weighted by Gasteiger charge is -1.82. The van der Waals surface area contributed by atoms with Crippen molar-refractivity contribution in [2.75, 3.05) is 7.11 Å². The summed E-state index contributed by atoms with van der Waals surface area (Å²) < 4.78 is 29.7. The first-order valence-corrected chi connectivity index (χ1v) is 3.90. The van der Waals surface area contributed by atoms with Crippen LogP contribution in [0.3, 0.4) is 0 Å². The number of nitriles is 2. The highest BCUT2D eigenvalue weighted by Crippen LogP contribution is 1.74. The molecular weight excluding hydrogens is 184 g/mol. The predicted octanol–water partition coefficient (Wildman–Crippen LogP) is 0.495. The maximum Gasteiger partial charge on any atom is 0.397 e. The van der Waals surface area contributed by atoms with Gasteiger partial charge in [-0.15, -0.1) is 0 Å². The molecule has 0 amide bonds. The largest absolute Gasteiger partial charge is 0.397 e. The molecule has 0 heterocycles. The summed E-state index contributed by atoms with van der Waals surface area (Å²) in [4.78, 5) is 0. The molecule has 0 fully saturated rings. The Morgan fingerprint density at radius 3 is 1.33 bits per heavy atom. The van der Waals surface area contributed by atoms with Gasteiger partial charge in [0.05, 0.1) is 19.2 Å². The van der Waals surface area contributed by atoms with Gasteiger partial charge in [0.15, 0.2) is 0 Å². The molecule has 70 valence electrons. The Balaban J connectivity index is -0.000000115. The summed E-state index contributed by atoms with van der Waals surface area (Å²) in [5, 5.41) is 14.6. The van der Waals surface area contributed by atoms with Crippen molar-refractivity contribution >= 4 is 10.4 Å². The van der Waals surface area contributed by atoms with Gasteiger partial charge in [0.25, 0.3) is 0 Å². The van der Waals surface area contributed by atoms with Gasteiger partial charge in [-0.25, -0.2) is 0 Å². The number of hydrogen-bond acceptors (Lipinski definition) is 5. The third kappa shape index (κ3) is 159. The highest BCUT2D eigenvalue weighted by atomic mass is 32.3. The maximum atomic E-state index is 9.33. The maximum absolute atomic E-state index is 9.33. The molecule has 0 bridgehead atoms. The zero-order valence-electron chi connectivity index (χ0n) is 6.97. The molecule has 0 radical (unpaired) electrons. The van der Waals surface area contributed by atoms with Crippen LogP contribution < -0.4 is 0 Å². The number of nitrogens with zero attached hydrogens (tertiary/aromatic N) is 2. The van der Waals surface area contributed by atoms with Gasteiger partial charge in [-0.3, -0.25) is 8.74 Å². The van der Waals surface area contributed by atoms with Crippen LogP contribution in [0.4, 0.5) is 0 Å². The van der Waals surface area contributed by atoms with Crippen LogP contribution >= 0.6 is 0 Å². The van der Waals surface area contributed by atoms with Crippen LogP contribution in [-0.4, -0.2) is 20.1 Å². The lowest BCUT2D eigenvalue weighted by atomic mass is 11.0. The topological polar surface area (TPSA) is 111 Å². The third-order valence-electron chi connectivity index (χ3n) is 0.211. The Labute approximate surface area is 71.9 Å². The standard InChI is InChI=1S/2C2H3N.CH4O4S/c2*1-2-3;1-5-6(2,3)4/h2*1H3;1H3,(H,2,3,4). The number of hydrogen-bond donors (Lipinski definition) is 1. The van der Waals surface area contributed by atoms with Crippen LogP contribution in [0.2, 0.25) is 0 Å². The van der Waals surface area contributed by atoms with Crippen molar-refractivity contribution in [2.45, 2.75) is 13.8 Å². The van der Waals surface area contributed by atoms with E-state index in [4.69, 9.17) is 15.1 Å². The molecule has 12 heavy (non-hydrogen) atoms. The van der Waals surface area contributed by atoms with Crippen molar-refractivity contribution in [3.8, 4) is 12.1 Å². The van der Waals surface area contributed by atoms with E-state index in [0.717, 1.165) is 7.11 Å². The molecule has 0 aliphatic rings. The van der Waals surface area contributed by atoms with E-state index in [1.165, 1.54) is 13.8 Å². The van der Waals surface area contributed by atoms with Crippen molar-refractivity contribution in [3.63, 3.8) is 0 Å². The predicted molar refractivity (Wildman–Crippen MR) is 41.1 cm³/mol. The van der Waals surface area contributed by atoms with E-state index in [2.05, 4.69) is 4.18 Å². The summed E-state index contributed by atoms with van der Waals surface area (Å²) in [5.74, 6) is 0. The monoisotopic (exact) mass is 194 g/mol. The molecule has 0 aliphatic heterocycles. The molecular formula is C5H10N2O4S. The Morgan fingerprint density at radius 2 is 1.33 bits per heavy atom. The number of rotatable bonds is 1. The molecule has 0 aromatic heterocycles. The first-order chi connectivity index (χ1) is 5.39. The van der Waals surface area contributed by atoms with Crippen LogP contribution in [0, 0.1) is 22.7 Å². The molecule has 0 aromatic carbocycles. The molecule has 0 unspecified atom stereocenters. The van der Waals surface area contributed by atoms with Gasteiger partial charge >= 0.3 is 10.4 Å². The Bertz CT molecular complexity index is 234. The van der Waals surface area contributed by atoms with Crippen molar-refractivity contribution in [3.05, 3.63) is 0 Å². The molecule has 0 saturated carbocycles. The second-order valence-electron chi connectivity index (χ2n) is 1.04. The molecule has 0 saturated heterocycles. The normalized spacial score (nSPS) is 7.17. The van der Waals surface area contributed by atoms with Crippen LogP contribution in [0.5, 0.6) is 0 Å². The molecule has 1 N–H and O–H groups in total. The van der Waals surface area contributed by atoms with Gasteiger partial charge in [-0.2, -0.15) is 18.9 Å². The van der Waals surface area contributed by atoms with Gasteiger partial charge in [0.2, 0.25) is 0 Å².